The molecule has 1 spiro atoms. The zero-order chi connectivity index (χ0) is 7.90. The fourth-order valence-electron chi connectivity index (χ4n) is 1.85. The van der Waals surface area contributed by atoms with Crippen LogP contribution in [0.4, 0.5) is 4.79 Å². The van der Waals surface area contributed by atoms with Crippen LogP contribution in [-0.2, 0) is 0 Å². The molecule has 1 N–H and O–H groups in total. The Morgan fingerprint density at radius 3 is 2.09 bits per heavy atom. The van der Waals surface area contributed by atoms with E-state index in [2.05, 4.69) is 0 Å². The highest BCUT2D eigenvalue weighted by Crippen LogP contribution is 2.53. The maximum Gasteiger partial charge on any atom is 0.407 e. The van der Waals surface area contributed by atoms with Crippen LogP contribution in [0.3, 0.4) is 0 Å². The molecule has 1 heterocycles. The molecule has 1 saturated heterocycles. The van der Waals surface area contributed by atoms with Crippen LogP contribution in [0, 0.1) is 5.41 Å². The largest absolute Gasteiger partial charge is 0.465 e. The van der Waals surface area contributed by atoms with Gasteiger partial charge >= 0.3 is 6.09 Å². The summed E-state index contributed by atoms with van der Waals surface area (Å²) in [6.07, 6.45) is 4.11. The van der Waals surface area contributed by atoms with Gasteiger partial charge in [-0.2, -0.15) is 0 Å². The Balaban J connectivity index is 1.89. The first-order valence-corrected chi connectivity index (χ1v) is 4.20. The molecule has 0 aromatic heterocycles. The Kier molecular flexibility index (Phi) is 1.34. The molecule has 0 unspecified atom stereocenters. The van der Waals surface area contributed by atoms with Gasteiger partial charge in [0, 0.05) is 13.1 Å². The van der Waals surface area contributed by atoms with E-state index in [9.17, 15) is 4.79 Å². The van der Waals surface area contributed by atoms with E-state index in [0.717, 1.165) is 25.9 Å². The van der Waals surface area contributed by atoms with Gasteiger partial charge < -0.3 is 10.0 Å². The van der Waals surface area contributed by atoms with Gasteiger partial charge in [-0.1, -0.05) is 0 Å². The Bertz CT molecular complexity index is 177. The topological polar surface area (TPSA) is 40.5 Å². The van der Waals surface area contributed by atoms with Crippen molar-refractivity contribution in [2.45, 2.75) is 25.7 Å². The van der Waals surface area contributed by atoms with Crippen LogP contribution < -0.4 is 0 Å². The summed E-state index contributed by atoms with van der Waals surface area (Å²) in [4.78, 5) is 12.0. The van der Waals surface area contributed by atoms with Gasteiger partial charge in [0.2, 0.25) is 0 Å². The lowest BCUT2D eigenvalue weighted by Crippen LogP contribution is -2.37. The van der Waals surface area contributed by atoms with Crippen molar-refractivity contribution in [2.75, 3.05) is 13.1 Å². The van der Waals surface area contributed by atoms with Crippen molar-refractivity contribution in [2.24, 2.45) is 5.41 Å². The summed E-state index contributed by atoms with van der Waals surface area (Å²) in [5, 5.41) is 8.65. The fourth-order valence-corrected chi connectivity index (χ4v) is 1.85. The summed E-state index contributed by atoms with van der Waals surface area (Å²) in [6, 6.07) is 0. The van der Waals surface area contributed by atoms with E-state index < -0.39 is 6.09 Å². The quantitative estimate of drug-likeness (QED) is 0.576. The van der Waals surface area contributed by atoms with Crippen LogP contribution >= 0.6 is 0 Å². The van der Waals surface area contributed by atoms with Gasteiger partial charge in [-0.25, -0.2) is 4.79 Å². The van der Waals surface area contributed by atoms with Crippen LogP contribution in [0.5, 0.6) is 0 Å². The number of hydrogen-bond donors (Lipinski definition) is 1. The summed E-state index contributed by atoms with van der Waals surface area (Å²) in [6.45, 7) is 1.52. The molecule has 0 aromatic rings. The maximum absolute atomic E-state index is 10.5. The number of piperidine rings is 1. The van der Waals surface area contributed by atoms with E-state index in [1.165, 1.54) is 17.7 Å². The maximum atomic E-state index is 10.5. The molecule has 2 fully saturated rings. The van der Waals surface area contributed by atoms with Gasteiger partial charge in [0.05, 0.1) is 0 Å². The van der Waals surface area contributed by atoms with Gasteiger partial charge in [-0.05, 0) is 31.1 Å². The van der Waals surface area contributed by atoms with Crippen LogP contribution in [0.2, 0.25) is 0 Å². The molecular weight excluding hydrogens is 142 g/mol. The first-order valence-electron chi connectivity index (χ1n) is 4.20. The molecule has 1 amide bonds. The molecule has 62 valence electrons. The van der Waals surface area contributed by atoms with Gasteiger partial charge in [0.1, 0.15) is 0 Å². The SMILES string of the molecule is O=C(O)N1CCC2(CC1)CC2. The standard InChI is InChI=1S/C8H13NO2/c10-7(11)9-5-3-8(1-2-8)4-6-9/h1-6H2,(H,10,11). The van der Waals surface area contributed by atoms with Gasteiger partial charge in [-0.15, -0.1) is 0 Å². The second-order valence-corrected chi connectivity index (χ2v) is 3.77. The Hall–Kier alpha value is -0.730. The minimum Gasteiger partial charge on any atom is -0.465 e. The predicted octanol–water partition coefficient (Wildman–Crippen LogP) is 1.54. The molecule has 0 aromatic carbocycles. The predicted molar refractivity (Wildman–Crippen MR) is 40.5 cm³/mol. The third-order valence-corrected chi connectivity index (χ3v) is 3.05. The minimum atomic E-state index is -0.750. The average Bonchev–Trinajstić information content (AvgIpc) is 2.70. The smallest absolute Gasteiger partial charge is 0.407 e. The van der Waals surface area contributed by atoms with Crippen LogP contribution in [0.15, 0.2) is 0 Å². The molecule has 1 aliphatic carbocycles. The number of rotatable bonds is 0. The molecular formula is C8H13NO2. The third kappa shape index (κ3) is 1.19. The van der Waals surface area contributed by atoms with Gasteiger partial charge in [0.25, 0.3) is 0 Å². The van der Waals surface area contributed by atoms with Crippen molar-refractivity contribution in [1.82, 2.24) is 4.90 Å². The van der Waals surface area contributed by atoms with Crippen molar-refractivity contribution in [3.63, 3.8) is 0 Å². The highest BCUT2D eigenvalue weighted by Gasteiger charge is 2.45. The average molecular weight is 155 g/mol. The molecule has 2 aliphatic rings. The van der Waals surface area contributed by atoms with E-state index in [4.69, 9.17) is 5.11 Å². The lowest BCUT2D eigenvalue weighted by molar-refractivity contribution is 0.121. The molecule has 3 heteroatoms. The molecule has 0 radical (unpaired) electrons. The molecule has 3 nitrogen and oxygen atoms in total. The van der Waals surface area contributed by atoms with E-state index >= 15 is 0 Å². The first-order chi connectivity index (χ1) is 5.22. The number of hydrogen-bond acceptors (Lipinski definition) is 1. The van der Waals surface area contributed by atoms with Crippen molar-refractivity contribution in [3.05, 3.63) is 0 Å². The van der Waals surface area contributed by atoms with Gasteiger partial charge in [0.15, 0.2) is 0 Å². The van der Waals surface area contributed by atoms with E-state index in [0.29, 0.717) is 5.41 Å². The fraction of sp³-hybridized carbons (Fsp3) is 0.875. The summed E-state index contributed by atoms with van der Waals surface area (Å²) in [5.74, 6) is 0. The van der Waals surface area contributed by atoms with Crippen LogP contribution in [-0.4, -0.2) is 29.2 Å². The van der Waals surface area contributed by atoms with E-state index in [1.54, 1.807) is 0 Å². The third-order valence-electron chi connectivity index (χ3n) is 3.05. The summed E-state index contributed by atoms with van der Waals surface area (Å²) < 4.78 is 0. The van der Waals surface area contributed by atoms with Crippen LogP contribution in [0.25, 0.3) is 0 Å². The monoisotopic (exact) mass is 155 g/mol. The lowest BCUT2D eigenvalue weighted by Gasteiger charge is -2.29. The summed E-state index contributed by atoms with van der Waals surface area (Å²) in [5.41, 5.74) is 0.589. The summed E-state index contributed by atoms with van der Waals surface area (Å²) >= 11 is 0. The zero-order valence-electron chi connectivity index (χ0n) is 6.55. The molecule has 11 heavy (non-hydrogen) atoms. The number of nitrogens with zero attached hydrogens (tertiary/aromatic N) is 1. The molecule has 1 saturated carbocycles. The lowest BCUT2D eigenvalue weighted by atomic mass is 9.94. The van der Waals surface area contributed by atoms with Crippen LogP contribution in [0.1, 0.15) is 25.7 Å². The second kappa shape index (κ2) is 2.13. The van der Waals surface area contributed by atoms with E-state index in [1.807, 2.05) is 0 Å². The van der Waals surface area contributed by atoms with Crippen molar-refractivity contribution in [3.8, 4) is 0 Å². The number of amides is 1. The van der Waals surface area contributed by atoms with Crippen molar-refractivity contribution < 1.29 is 9.90 Å². The Labute approximate surface area is 66.0 Å². The number of carboxylic acid groups (broad SMARTS) is 1. The van der Waals surface area contributed by atoms with Gasteiger partial charge in [-0.3, -0.25) is 0 Å². The highest BCUT2D eigenvalue weighted by atomic mass is 16.4. The summed E-state index contributed by atoms with van der Waals surface area (Å²) in [7, 11) is 0. The normalized spacial score (nSPS) is 27.1. The molecule has 1 aliphatic heterocycles. The zero-order valence-corrected chi connectivity index (χ0v) is 6.55. The second-order valence-electron chi connectivity index (χ2n) is 3.77. The highest BCUT2D eigenvalue weighted by molar-refractivity contribution is 5.65. The van der Waals surface area contributed by atoms with Crippen molar-refractivity contribution >= 4 is 6.09 Å². The minimum absolute atomic E-state index is 0.589. The molecule has 0 atom stereocenters. The molecule has 2 rings (SSSR count). The Morgan fingerprint density at radius 2 is 1.73 bits per heavy atom. The molecule has 0 bridgehead atoms. The first kappa shape index (κ1) is 6.95. The van der Waals surface area contributed by atoms with Crippen molar-refractivity contribution in [1.29, 1.82) is 0 Å². The number of likely N-dealkylation sites (tertiary alicyclic amines) is 1. The number of carbonyl (C=O) groups is 1. The van der Waals surface area contributed by atoms with E-state index in [-0.39, 0.29) is 0 Å². The Morgan fingerprint density at radius 1 is 1.18 bits per heavy atom.